The quantitative estimate of drug-likeness (QED) is 0.261. The highest BCUT2D eigenvalue weighted by Crippen LogP contribution is 2.39. The van der Waals surface area contributed by atoms with Crippen LogP contribution in [-0.2, 0) is 14.8 Å². The number of nitrogens with zero attached hydrogens (tertiary/aromatic N) is 7. The number of hydrogen-bond acceptors (Lipinski definition) is 10. The van der Waals surface area contributed by atoms with E-state index in [1.54, 1.807) is 45.9 Å². The van der Waals surface area contributed by atoms with Gasteiger partial charge in [0.15, 0.2) is 11.6 Å². The molecule has 214 valence electrons. The van der Waals surface area contributed by atoms with E-state index in [1.165, 1.54) is 28.3 Å². The third kappa shape index (κ3) is 5.18. The van der Waals surface area contributed by atoms with E-state index in [1.807, 2.05) is 32.2 Å². The van der Waals surface area contributed by atoms with Crippen molar-refractivity contribution in [1.82, 2.24) is 34.3 Å². The molecule has 1 aromatic carbocycles. The molecule has 14 heteroatoms. The van der Waals surface area contributed by atoms with Crippen molar-refractivity contribution in [2.24, 2.45) is 0 Å². The summed E-state index contributed by atoms with van der Waals surface area (Å²) >= 11 is 0. The minimum absolute atomic E-state index is 0.0821. The molecule has 0 saturated heterocycles. The number of benzene rings is 1. The van der Waals surface area contributed by atoms with Gasteiger partial charge in [0.05, 0.1) is 31.5 Å². The first-order valence-electron chi connectivity index (χ1n) is 12.6. The number of rotatable bonds is 10. The summed E-state index contributed by atoms with van der Waals surface area (Å²) < 4.78 is 50.3. The second-order valence-electron chi connectivity index (χ2n) is 9.41. The molecule has 5 aromatic rings. The smallest absolute Gasteiger partial charge is 0.243 e. The van der Waals surface area contributed by atoms with Crippen molar-refractivity contribution in [3.63, 3.8) is 0 Å². The van der Waals surface area contributed by atoms with Gasteiger partial charge in [-0.1, -0.05) is 6.07 Å². The van der Waals surface area contributed by atoms with E-state index in [0.29, 0.717) is 28.6 Å². The van der Waals surface area contributed by atoms with Gasteiger partial charge in [-0.2, -0.15) is 5.10 Å². The number of hydrogen-bond donors (Lipinski definition) is 1. The Morgan fingerprint density at radius 3 is 2.24 bits per heavy atom. The highest BCUT2D eigenvalue weighted by Gasteiger charge is 2.35. The molecule has 0 fully saturated rings. The summed E-state index contributed by atoms with van der Waals surface area (Å²) in [7, 11) is 0.295. The molecule has 2 unspecified atom stereocenters. The van der Waals surface area contributed by atoms with Crippen molar-refractivity contribution >= 4 is 21.5 Å². The topological polar surface area (TPSA) is 148 Å². The number of fused-ring (bicyclic) bond motifs is 1. The predicted molar refractivity (Wildman–Crippen MR) is 152 cm³/mol. The molecular weight excluding hydrogens is 548 g/mol. The lowest BCUT2D eigenvalue weighted by atomic mass is 10.2. The molecular formula is C27H30N8O5S. The summed E-state index contributed by atoms with van der Waals surface area (Å²) in [6.45, 7) is 5.32. The number of ether oxygens (including phenoxy) is 3. The Labute approximate surface area is 237 Å². The van der Waals surface area contributed by atoms with Crippen LogP contribution in [-0.4, -0.2) is 69.3 Å². The molecule has 2 atom stereocenters. The minimum atomic E-state index is -4.14. The zero-order valence-corrected chi connectivity index (χ0v) is 24.2. The first-order chi connectivity index (χ1) is 19.7. The molecule has 0 aliphatic heterocycles. The van der Waals surface area contributed by atoms with Gasteiger partial charge in [0.2, 0.25) is 16.0 Å². The van der Waals surface area contributed by atoms with E-state index in [0.717, 1.165) is 16.6 Å². The first kappa shape index (κ1) is 28.0. The van der Waals surface area contributed by atoms with Crippen LogP contribution in [0.25, 0.3) is 22.6 Å². The largest absolute Gasteiger partial charge is 0.494 e. The van der Waals surface area contributed by atoms with Crippen LogP contribution in [0.15, 0.2) is 55.1 Å². The Morgan fingerprint density at radius 2 is 1.61 bits per heavy atom. The number of sulfonamides is 1. The van der Waals surface area contributed by atoms with Crippen LogP contribution in [0.2, 0.25) is 0 Å². The standard InChI is InChI=1S/C27H30N8O5S/c1-16-10-11-34-20(12-16)19(15-30-34)26-31-32-27(35(26)23-21(38-4)8-7-9-22(23)39-5)33-41(36,37)18(3)24(40-6)25-28-13-17(2)14-29-25/h7-15,18,24H,1-6H3,(H,32,33). The average Bonchev–Trinajstić information content (AvgIpc) is 3.56. The van der Waals surface area contributed by atoms with Crippen molar-refractivity contribution in [1.29, 1.82) is 0 Å². The maximum Gasteiger partial charge on any atom is 0.243 e. The number of pyridine rings is 1. The SMILES string of the molecule is COc1cccc(OC)c1-n1c(NS(=O)(=O)C(C)C(OC)c2ncc(C)cn2)nnc1-c1cnn2ccc(C)cc12. The van der Waals surface area contributed by atoms with Crippen molar-refractivity contribution in [3.05, 3.63) is 72.1 Å². The first-order valence-corrected chi connectivity index (χ1v) is 14.2. The van der Waals surface area contributed by atoms with Crippen LogP contribution in [0.3, 0.4) is 0 Å². The van der Waals surface area contributed by atoms with Crippen LogP contribution in [0.5, 0.6) is 11.5 Å². The highest BCUT2D eigenvalue weighted by molar-refractivity contribution is 7.93. The van der Waals surface area contributed by atoms with Gasteiger partial charge < -0.3 is 14.2 Å². The van der Waals surface area contributed by atoms with Crippen molar-refractivity contribution in [2.45, 2.75) is 32.1 Å². The summed E-state index contributed by atoms with van der Waals surface area (Å²) in [5.74, 6) is 1.31. The molecule has 4 aromatic heterocycles. The van der Waals surface area contributed by atoms with Crippen molar-refractivity contribution in [3.8, 4) is 28.6 Å². The van der Waals surface area contributed by atoms with E-state index in [-0.39, 0.29) is 11.8 Å². The summed E-state index contributed by atoms with van der Waals surface area (Å²) in [5, 5.41) is 12.0. The van der Waals surface area contributed by atoms with E-state index in [4.69, 9.17) is 14.2 Å². The summed E-state index contributed by atoms with van der Waals surface area (Å²) in [6, 6.07) is 9.12. The lowest BCUT2D eigenvalue weighted by Gasteiger charge is -2.23. The number of aryl methyl sites for hydroxylation is 2. The van der Waals surface area contributed by atoms with Gasteiger partial charge in [-0.3, -0.25) is 9.29 Å². The summed E-state index contributed by atoms with van der Waals surface area (Å²) in [6.07, 6.45) is 5.74. The van der Waals surface area contributed by atoms with Gasteiger partial charge in [-0.25, -0.2) is 22.9 Å². The minimum Gasteiger partial charge on any atom is -0.494 e. The lowest BCUT2D eigenvalue weighted by molar-refractivity contribution is 0.0949. The second-order valence-corrected chi connectivity index (χ2v) is 11.5. The monoisotopic (exact) mass is 578 g/mol. The zero-order chi connectivity index (χ0) is 29.3. The van der Waals surface area contributed by atoms with Gasteiger partial charge in [0.25, 0.3) is 0 Å². The van der Waals surface area contributed by atoms with Crippen molar-refractivity contribution < 1.29 is 22.6 Å². The molecule has 0 aliphatic rings. The predicted octanol–water partition coefficient (Wildman–Crippen LogP) is 3.52. The molecule has 0 bridgehead atoms. The normalized spacial score (nSPS) is 13.2. The number of para-hydroxylation sites is 1. The van der Waals surface area contributed by atoms with Crippen molar-refractivity contribution in [2.75, 3.05) is 26.1 Å². The van der Waals surface area contributed by atoms with Crippen LogP contribution in [0, 0.1) is 13.8 Å². The summed E-state index contributed by atoms with van der Waals surface area (Å²) in [5.41, 5.74) is 3.63. The fourth-order valence-corrected chi connectivity index (χ4v) is 5.62. The average molecular weight is 579 g/mol. The maximum atomic E-state index is 13.8. The lowest BCUT2D eigenvalue weighted by Crippen LogP contribution is -2.33. The molecule has 41 heavy (non-hydrogen) atoms. The highest BCUT2D eigenvalue weighted by atomic mass is 32.2. The third-order valence-corrected chi connectivity index (χ3v) is 8.36. The van der Waals surface area contributed by atoms with E-state index < -0.39 is 21.4 Å². The van der Waals surface area contributed by atoms with Crippen LogP contribution >= 0.6 is 0 Å². The van der Waals surface area contributed by atoms with Crippen LogP contribution in [0.4, 0.5) is 5.95 Å². The molecule has 5 rings (SSSR count). The van der Waals surface area contributed by atoms with E-state index in [9.17, 15) is 8.42 Å². The molecule has 4 heterocycles. The molecule has 0 radical (unpaired) electrons. The number of methoxy groups -OCH3 is 3. The van der Waals surface area contributed by atoms with E-state index >= 15 is 0 Å². The maximum absolute atomic E-state index is 13.8. The number of nitrogens with one attached hydrogen (secondary N) is 1. The molecule has 0 saturated carbocycles. The fourth-order valence-electron chi connectivity index (χ4n) is 4.49. The van der Waals surface area contributed by atoms with Gasteiger partial charge in [0.1, 0.15) is 28.5 Å². The Hall–Kier alpha value is -4.56. The van der Waals surface area contributed by atoms with Gasteiger partial charge in [-0.05, 0) is 56.2 Å². The third-order valence-electron chi connectivity index (χ3n) is 6.67. The Morgan fingerprint density at radius 1 is 0.927 bits per heavy atom. The van der Waals surface area contributed by atoms with E-state index in [2.05, 4.69) is 30.0 Å². The van der Waals surface area contributed by atoms with Crippen LogP contribution in [0.1, 0.15) is 30.0 Å². The second kappa shape index (κ2) is 11.1. The Balaban J connectivity index is 1.67. The van der Waals surface area contributed by atoms with Gasteiger partial charge in [-0.15, -0.1) is 10.2 Å². The zero-order valence-electron chi connectivity index (χ0n) is 23.4. The summed E-state index contributed by atoms with van der Waals surface area (Å²) in [4.78, 5) is 8.54. The number of anilines is 1. The van der Waals surface area contributed by atoms with Gasteiger partial charge in [0, 0.05) is 25.7 Å². The molecule has 0 amide bonds. The molecule has 1 N–H and O–H groups in total. The number of aromatic nitrogens is 7. The fraction of sp³-hybridized carbons (Fsp3) is 0.296. The molecule has 0 aliphatic carbocycles. The molecule has 13 nitrogen and oxygen atoms in total. The van der Waals surface area contributed by atoms with Gasteiger partial charge >= 0.3 is 0 Å². The van der Waals surface area contributed by atoms with Crippen LogP contribution < -0.4 is 14.2 Å². The Kier molecular flexibility index (Phi) is 7.60. The molecule has 0 spiro atoms. The Bertz CT molecular complexity index is 1780.